The van der Waals surface area contributed by atoms with Crippen molar-refractivity contribution in [1.29, 1.82) is 0 Å². The minimum atomic E-state index is -0.463. The summed E-state index contributed by atoms with van der Waals surface area (Å²) in [5.41, 5.74) is 4.76. The second kappa shape index (κ2) is 10.9. The molecule has 0 unspecified atom stereocenters. The lowest BCUT2D eigenvalue weighted by Gasteiger charge is -2.11. The molecule has 0 saturated heterocycles. The Bertz CT molecular complexity index is 1610. The summed E-state index contributed by atoms with van der Waals surface area (Å²) in [4.78, 5) is 28.4. The van der Waals surface area contributed by atoms with Crippen LogP contribution in [0.3, 0.4) is 0 Å². The molecule has 188 valence electrons. The Labute approximate surface area is 219 Å². The van der Waals surface area contributed by atoms with Gasteiger partial charge in [-0.25, -0.2) is 9.78 Å². The highest BCUT2D eigenvalue weighted by molar-refractivity contribution is 6.04. The molecular formula is C31H24N2O5. The molecule has 0 spiro atoms. The van der Waals surface area contributed by atoms with Gasteiger partial charge in [-0.1, -0.05) is 61.5 Å². The zero-order valence-corrected chi connectivity index (χ0v) is 20.7. The number of carbonyl (C=O) groups is 1. The number of benzene rings is 4. The first kappa shape index (κ1) is 24.6. The number of nitro benzene ring substituents is 1. The van der Waals surface area contributed by atoms with Gasteiger partial charge in [0.15, 0.2) is 0 Å². The fraction of sp³-hybridized carbons (Fsp3) is 0.0968. The third-order valence-electron chi connectivity index (χ3n) is 6.15. The monoisotopic (exact) mass is 504 g/mol. The van der Waals surface area contributed by atoms with E-state index in [-0.39, 0.29) is 12.3 Å². The predicted molar refractivity (Wildman–Crippen MR) is 145 cm³/mol. The Kier molecular flexibility index (Phi) is 7.08. The Morgan fingerprint density at radius 3 is 2.34 bits per heavy atom. The number of hydrogen-bond donors (Lipinski definition) is 0. The van der Waals surface area contributed by atoms with Gasteiger partial charge in [-0.3, -0.25) is 10.1 Å². The quantitative estimate of drug-likeness (QED) is 0.123. The van der Waals surface area contributed by atoms with E-state index in [1.165, 1.54) is 29.8 Å². The lowest BCUT2D eigenvalue weighted by molar-refractivity contribution is -0.384. The summed E-state index contributed by atoms with van der Waals surface area (Å²) < 4.78 is 11.5. The molecule has 5 aromatic rings. The molecule has 0 fully saturated rings. The first-order chi connectivity index (χ1) is 18.5. The van der Waals surface area contributed by atoms with Crippen molar-refractivity contribution in [3.8, 4) is 22.8 Å². The molecule has 5 rings (SSSR count). The minimum absolute atomic E-state index is 0.0113. The van der Waals surface area contributed by atoms with E-state index in [4.69, 9.17) is 14.5 Å². The number of fused-ring (bicyclic) bond motifs is 1. The summed E-state index contributed by atoms with van der Waals surface area (Å²) in [5.74, 6) is 0.545. The van der Waals surface area contributed by atoms with Crippen molar-refractivity contribution in [1.82, 2.24) is 4.98 Å². The third kappa shape index (κ3) is 5.52. The van der Waals surface area contributed by atoms with Gasteiger partial charge in [0.05, 0.1) is 21.7 Å². The van der Waals surface area contributed by atoms with Crippen LogP contribution in [0.2, 0.25) is 0 Å². The topological polar surface area (TPSA) is 91.6 Å². The van der Waals surface area contributed by atoms with Crippen LogP contribution in [-0.2, 0) is 17.8 Å². The highest BCUT2D eigenvalue weighted by Crippen LogP contribution is 2.27. The second-order valence-corrected chi connectivity index (χ2v) is 8.70. The number of nitrogens with zero attached hydrogens (tertiary/aromatic N) is 2. The van der Waals surface area contributed by atoms with E-state index in [1.807, 2.05) is 42.5 Å². The van der Waals surface area contributed by atoms with Gasteiger partial charge in [-0.05, 0) is 53.9 Å². The molecule has 1 heterocycles. The third-order valence-corrected chi connectivity index (χ3v) is 6.15. The van der Waals surface area contributed by atoms with Crippen LogP contribution in [0.1, 0.15) is 28.4 Å². The van der Waals surface area contributed by atoms with E-state index in [9.17, 15) is 14.9 Å². The molecule has 0 aliphatic heterocycles. The van der Waals surface area contributed by atoms with Gasteiger partial charge < -0.3 is 9.47 Å². The summed E-state index contributed by atoms with van der Waals surface area (Å²) in [5, 5.41) is 11.6. The zero-order valence-electron chi connectivity index (χ0n) is 20.7. The lowest BCUT2D eigenvalue weighted by Crippen LogP contribution is -2.07. The van der Waals surface area contributed by atoms with Crippen LogP contribution < -0.4 is 4.74 Å². The normalized spacial score (nSPS) is 10.8. The minimum Gasteiger partial charge on any atom is -0.457 e. The van der Waals surface area contributed by atoms with Crippen molar-refractivity contribution in [2.75, 3.05) is 0 Å². The van der Waals surface area contributed by atoms with E-state index in [2.05, 4.69) is 19.1 Å². The summed E-state index contributed by atoms with van der Waals surface area (Å²) in [6.45, 7) is 2.16. The van der Waals surface area contributed by atoms with E-state index in [1.54, 1.807) is 24.3 Å². The average molecular weight is 505 g/mol. The molecule has 0 bridgehead atoms. The van der Waals surface area contributed by atoms with Crippen LogP contribution in [0.5, 0.6) is 11.5 Å². The molecule has 0 saturated carbocycles. The van der Waals surface area contributed by atoms with Crippen molar-refractivity contribution < 1.29 is 19.2 Å². The molecule has 0 N–H and O–H groups in total. The average Bonchev–Trinajstić information content (AvgIpc) is 2.96. The summed E-state index contributed by atoms with van der Waals surface area (Å²) in [7, 11) is 0. The second-order valence-electron chi connectivity index (χ2n) is 8.70. The summed E-state index contributed by atoms with van der Waals surface area (Å²) in [6.07, 6.45) is 0.948. The van der Waals surface area contributed by atoms with Crippen LogP contribution in [0.15, 0.2) is 103 Å². The van der Waals surface area contributed by atoms with Crippen molar-refractivity contribution in [2.24, 2.45) is 0 Å². The van der Waals surface area contributed by atoms with Crippen molar-refractivity contribution in [2.45, 2.75) is 20.0 Å². The van der Waals surface area contributed by atoms with Gasteiger partial charge in [0.25, 0.3) is 5.69 Å². The van der Waals surface area contributed by atoms with Crippen LogP contribution in [0.4, 0.5) is 5.69 Å². The Balaban J connectivity index is 1.34. The maximum absolute atomic E-state index is 13.2. The van der Waals surface area contributed by atoms with Gasteiger partial charge in [-0.15, -0.1) is 0 Å². The smallest absolute Gasteiger partial charge is 0.339 e. The van der Waals surface area contributed by atoms with E-state index in [0.717, 1.165) is 28.5 Å². The van der Waals surface area contributed by atoms with Crippen LogP contribution in [0.25, 0.3) is 22.2 Å². The van der Waals surface area contributed by atoms with E-state index < -0.39 is 10.9 Å². The van der Waals surface area contributed by atoms with Crippen LogP contribution in [-0.4, -0.2) is 15.9 Å². The zero-order chi connectivity index (χ0) is 26.5. The number of aromatic nitrogens is 1. The number of non-ortho nitro benzene ring substituents is 1. The number of carbonyl (C=O) groups excluding carboxylic acids is 1. The molecule has 7 heteroatoms. The molecule has 0 aliphatic carbocycles. The first-order valence-electron chi connectivity index (χ1n) is 12.2. The molecule has 0 radical (unpaired) electrons. The number of esters is 1. The number of rotatable bonds is 8. The van der Waals surface area contributed by atoms with Gasteiger partial charge in [0, 0.05) is 23.1 Å². The van der Waals surface area contributed by atoms with Crippen molar-refractivity contribution in [3.05, 3.63) is 130 Å². The largest absolute Gasteiger partial charge is 0.457 e. The highest BCUT2D eigenvalue weighted by atomic mass is 16.6. The molecule has 4 aromatic carbocycles. The predicted octanol–water partition coefficient (Wildman–Crippen LogP) is 7.52. The number of para-hydroxylation sites is 1. The number of pyridine rings is 1. The maximum Gasteiger partial charge on any atom is 0.339 e. The van der Waals surface area contributed by atoms with E-state index >= 15 is 0 Å². The van der Waals surface area contributed by atoms with Gasteiger partial charge >= 0.3 is 5.97 Å². The maximum atomic E-state index is 13.2. The van der Waals surface area contributed by atoms with Crippen molar-refractivity contribution in [3.63, 3.8) is 0 Å². The van der Waals surface area contributed by atoms with Gasteiger partial charge in [-0.2, -0.15) is 0 Å². The standard InChI is InChI=1S/C31H24N2O5/c1-2-21-10-12-23(13-11-21)30-19-28(27-8-3-4-9-29(27)32-30)31(34)37-20-22-6-5-7-26(18-22)38-25-16-14-24(15-17-25)33(35)36/h3-19H,2,20H2,1H3. The van der Waals surface area contributed by atoms with Crippen LogP contribution >= 0.6 is 0 Å². The fourth-order valence-corrected chi connectivity index (χ4v) is 4.10. The number of ether oxygens (including phenoxy) is 2. The molecular weight excluding hydrogens is 480 g/mol. The van der Waals surface area contributed by atoms with Gasteiger partial charge in [0.2, 0.25) is 0 Å². The molecule has 0 aliphatic rings. The van der Waals surface area contributed by atoms with E-state index in [0.29, 0.717) is 22.8 Å². The first-order valence-corrected chi connectivity index (χ1v) is 12.2. The SMILES string of the molecule is CCc1ccc(-c2cc(C(=O)OCc3cccc(Oc4ccc([N+](=O)[O-])cc4)c3)c3ccccc3n2)cc1. The van der Waals surface area contributed by atoms with Crippen LogP contribution in [0, 0.1) is 10.1 Å². The molecule has 0 amide bonds. The Morgan fingerprint density at radius 1 is 0.842 bits per heavy atom. The fourth-order valence-electron chi connectivity index (χ4n) is 4.10. The number of aryl methyl sites for hydroxylation is 1. The van der Waals surface area contributed by atoms with Gasteiger partial charge in [0.1, 0.15) is 18.1 Å². The summed E-state index contributed by atoms with van der Waals surface area (Å²) >= 11 is 0. The molecule has 38 heavy (non-hydrogen) atoms. The molecule has 7 nitrogen and oxygen atoms in total. The number of nitro groups is 1. The number of hydrogen-bond acceptors (Lipinski definition) is 6. The Hall–Kier alpha value is -5.04. The van der Waals surface area contributed by atoms with Crippen molar-refractivity contribution >= 4 is 22.6 Å². The molecule has 1 aromatic heterocycles. The lowest BCUT2D eigenvalue weighted by atomic mass is 10.0. The Morgan fingerprint density at radius 2 is 1.61 bits per heavy atom. The highest BCUT2D eigenvalue weighted by Gasteiger charge is 2.16. The molecule has 0 atom stereocenters. The summed E-state index contributed by atoms with van der Waals surface area (Å²) in [6, 6.07) is 30.4.